The van der Waals surface area contributed by atoms with Crippen molar-refractivity contribution >= 4 is 21.4 Å². The first-order valence-corrected chi connectivity index (χ1v) is 12.4. The molecule has 0 atom stereocenters. The molecule has 0 bridgehead atoms. The van der Waals surface area contributed by atoms with E-state index in [1.165, 1.54) is 11.0 Å². The first kappa shape index (κ1) is 25.7. The van der Waals surface area contributed by atoms with Gasteiger partial charge in [-0.2, -0.15) is 13.2 Å². The molecule has 12 heteroatoms. The van der Waals surface area contributed by atoms with Crippen LogP contribution in [0.25, 0.3) is 0 Å². The van der Waals surface area contributed by atoms with E-state index < -0.39 is 33.3 Å². The third-order valence-corrected chi connectivity index (χ3v) is 6.30. The maximum atomic E-state index is 14.3. The summed E-state index contributed by atoms with van der Waals surface area (Å²) >= 11 is 0. The van der Waals surface area contributed by atoms with E-state index in [1.807, 2.05) is 13.8 Å². The van der Waals surface area contributed by atoms with Crippen LogP contribution in [0.2, 0.25) is 0 Å². The molecule has 7 nitrogen and oxygen atoms in total. The molecule has 0 N–H and O–H groups in total. The zero-order valence-electron chi connectivity index (χ0n) is 18.9. The minimum Gasteiger partial charge on any atom is -0.477 e. The number of rotatable bonds is 6. The van der Waals surface area contributed by atoms with Crippen molar-refractivity contribution in [3.05, 3.63) is 47.4 Å². The molecule has 1 aliphatic rings. The highest BCUT2D eigenvalue weighted by Gasteiger charge is 2.32. The zero-order chi connectivity index (χ0) is 25.3. The molecule has 0 unspecified atom stereocenters. The first-order chi connectivity index (χ1) is 15.8. The lowest BCUT2D eigenvalue weighted by atomic mass is 10.1. The topological polar surface area (TPSA) is 79.8 Å². The number of carbonyl (C=O) groups excluding carboxylic acids is 1. The van der Waals surface area contributed by atoms with Gasteiger partial charge in [-0.25, -0.2) is 17.8 Å². The number of amides is 1. The van der Waals surface area contributed by atoms with Crippen LogP contribution in [-0.2, 0) is 16.0 Å². The maximum Gasteiger partial charge on any atom is 0.416 e. The molecule has 0 spiro atoms. The number of piperazine rings is 1. The highest BCUT2D eigenvalue weighted by Crippen LogP contribution is 2.32. The average Bonchev–Trinajstić information content (AvgIpc) is 2.76. The van der Waals surface area contributed by atoms with Crippen molar-refractivity contribution in [2.75, 3.05) is 43.9 Å². The van der Waals surface area contributed by atoms with Crippen molar-refractivity contribution in [2.24, 2.45) is 5.92 Å². The predicted molar refractivity (Wildman–Crippen MR) is 117 cm³/mol. The zero-order valence-corrected chi connectivity index (χ0v) is 19.7. The fourth-order valence-corrected chi connectivity index (χ4v) is 3.99. The molecular formula is C22H25F4N3O4S. The Morgan fingerprint density at radius 2 is 1.79 bits per heavy atom. The van der Waals surface area contributed by atoms with Crippen LogP contribution in [0.3, 0.4) is 0 Å². The fraction of sp³-hybridized carbons (Fsp3) is 0.455. The molecule has 1 amide bonds. The number of anilines is 1. The normalized spacial score (nSPS) is 15.1. The monoisotopic (exact) mass is 503 g/mol. The second-order valence-corrected chi connectivity index (χ2v) is 10.5. The molecule has 0 radical (unpaired) electrons. The SMILES string of the molecule is CC(C)COc1ncc(S(C)(=O)=O)cc1C(=O)N1CCN(c2ccc(C(F)(F)F)cc2F)CC1. The fourth-order valence-electron chi connectivity index (χ4n) is 3.41. The van der Waals surface area contributed by atoms with E-state index in [0.29, 0.717) is 6.07 Å². The Labute approximate surface area is 195 Å². The van der Waals surface area contributed by atoms with E-state index in [-0.39, 0.29) is 60.7 Å². The molecule has 2 aromatic rings. The Kier molecular flexibility index (Phi) is 7.39. The van der Waals surface area contributed by atoms with E-state index in [4.69, 9.17) is 4.74 Å². The quantitative estimate of drug-likeness (QED) is 0.560. The maximum absolute atomic E-state index is 14.3. The Hall–Kier alpha value is -2.89. The van der Waals surface area contributed by atoms with E-state index in [0.717, 1.165) is 24.6 Å². The van der Waals surface area contributed by atoms with Crippen LogP contribution in [-0.4, -0.2) is 63.3 Å². The summed E-state index contributed by atoms with van der Waals surface area (Å²) < 4.78 is 82.3. The summed E-state index contributed by atoms with van der Waals surface area (Å²) in [6, 6.07) is 3.57. The van der Waals surface area contributed by atoms with Crippen LogP contribution in [0.1, 0.15) is 29.8 Å². The van der Waals surface area contributed by atoms with Crippen LogP contribution < -0.4 is 9.64 Å². The number of sulfone groups is 1. The number of pyridine rings is 1. The Balaban J connectivity index is 1.78. The van der Waals surface area contributed by atoms with Gasteiger partial charge in [-0.1, -0.05) is 13.8 Å². The molecule has 1 aromatic heterocycles. The second kappa shape index (κ2) is 9.77. The summed E-state index contributed by atoms with van der Waals surface area (Å²) in [7, 11) is -3.62. The van der Waals surface area contributed by atoms with Crippen molar-refractivity contribution in [1.82, 2.24) is 9.88 Å². The minimum absolute atomic E-state index is 0.00210. The van der Waals surface area contributed by atoms with Crippen molar-refractivity contribution in [2.45, 2.75) is 24.9 Å². The largest absolute Gasteiger partial charge is 0.477 e. The van der Waals surface area contributed by atoms with Crippen LogP contribution in [0, 0.1) is 11.7 Å². The van der Waals surface area contributed by atoms with Gasteiger partial charge in [-0.15, -0.1) is 0 Å². The minimum atomic E-state index is -4.64. The van der Waals surface area contributed by atoms with Crippen molar-refractivity contribution in [1.29, 1.82) is 0 Å². The van der Waals surface area contributed by atoms with Gasteiger partial charge in [0.25, 0.3) is 5.91 Å². The van der Waals surface area contributed by atoms with E-state index in [2.05, 4.69) is 4.98 Å². The van der Waals surface area contributed by atoms with E-state index in [1.54, 1.807) is 4.90 Å². The van der Waals surface area contributed by atoms with Crippen LogP contribution in [0.15, 0.2) is 35.4 Å². The first-order valence-electron chi connectivity index (χ1n) is 10.5. The molecule has 1 aliphatic heterocycles. The summed E-state index contributed by atoms with van der Waals surface area (Å²) in [5.74, 6) is -1.34. The van der Waals surface area contributed by atoms with Crippen LogP contribution in [0.4, 0.5) is 23.2 Å². The summed E-state index contributed by atoms with van der Waals surface area (Å²) in [5.41, 5.74) is -1.06. The molecule has 3 rings (SSSR count). The third kappa shape index (κ3) is 5.96. The van der Waals surface area contributed by atoms with Gasteiger partial charge in [0, 0.05) is 38.6 Å². The van der Waals surface area contributed by atoms with Crippen molar-refractivity contribution in [3.8, 4) is 5.88 Å². The molecular weight excluding hydrogens is 478 g/mol. The summed E-state index contributed by atoms with van der Waals surface area (Å²) in [6.07, 6.45) is -2.51. The summed E-state index contributed by atoms with van der Waals surface area (Å²) in [5, 5.41) is 0. The Morgan fingerprint density at radius 1 is 1.15 bits per heavy atom. The van der Waals surface area contributed by atoms with Crippen molar-refractivity contribution < 1.29 is 35.5 Å². The average molecular weight is 504 g/mol. The number of halogens is 4. The van der Waals surface area contributed by atoms with Crippen LogP contribution in [0.5, 0.6) is 5.88 Å². The molecule has 1 fully saturated rings. The number of hydrogen-bond donors (Lipinski definition) is 0. The molecule has 1 aromatic carbocycles. The number of hydrogen-bond acceptors (Lipinski definition) is 6. The molecule has 0 aliphatic carbocycles. The van der Waals surface area contributed by atoms with Gasteiger partial charge < -0.3 is 14.5 Å². The molecule has 1 saturated heterocycles. The summed E-state index contributed by atoms with van der Waals surface area (Å²) in [6.45, 7) is 4.73. The lowest BCUT2D eigenvalue weighted by Crippen LogP contribution is -2.49. The molecule has 186 valence electrons. The van der Waals surface area contributed by atoms with Gasteiger partial charge in [0.05, 0.1) is 22.8 Å². The van der Waals surface area contributed by atoms with Gasteiger partial charge >= 0.3 is 6.18 Å². The highest BCUT2D eigenvalue weighted by molar-refractivity contribution is 7.90. The van der Waals surface area contributed by atoms with Gasteiger partial charge in [0.15, 0.2) is 9.84 Å². The third-order valence-electron chi connectivity index (χ3n) is 5.22. The number of alkyl halides is 3. The van der Waals surface area contributed by atoms with E-state index in [9.17, 15) is 30.8 Å². The molecule has 0 saturated carbocycles. The standard InChI is InChI=1S/C22H25F4N3O4S/c1-14(2)13-33-20-17(11-16(12-27-20)34(3,31)32)21(30)29-8-6-28(7-9-29)19-5-4-15(10-18(19)23)22(24,25)26/h4-5,10-12,14H,6-9,13H2,1-3H3. The number of aromatic nitrogens is 1. The Morgan fingerprint density at radius 3 is 2.32 bits per heavy atom. The van der Waals surface area contributed by atoms with Gasteiger partial charge in [0.2, 0.25) is 5.88 Å². The summed E-state index contributed by atoms with van der Waals surface area (Å²) in [4.78, 5) is 20.1. The molecule has 2 heterocycles. The number of ether oxygens (including phenoxy) is 1. The van der Waals surface area contributed by atoms with Crippen molar-refractivity contribution in [3.63, 3.8) is 0 Å². The van der Waals surface area contributed by atoms with Crippen LogP contribution >= 0.6 is 0 Å². The highest BCUT2D eigenvalue weighted by atomic mass is 32.2. The number of benzene rings is 1. The molecule has 34 heavy (non-hydrogen) atoms. The second-order valence-electron chi connectivity index (χ2n) is 8.44. The Bertz CT molecular complexity index is 1160. The smallest absolute Gasteiger partial charge is 0.416 e. The number of carbonyl (C=O) groups is 1. The van der Waals surface area contributed by atoms with Gasteiger partial charge in [-0.3, -0.25) is 4.79 Å². The van der Waals surface area contributed by atoms with Gasteiger partial charge in [-0.05, 0) is 30.2 Å². The number of nitrogens with zero attached hydrogens (tertiary/aromatic N) is 3. The van der Waals surface area contributed by atoms with Gasteiger partial charge in [0.1, 0.15) is 11.4 Å². The lowest BCUT2D eigenvalue weighted by Gasteiger charge is -2.36. The van der Waals surface area contributed by atoms with E-state index >= 15 is 0 Å². The predicted octanol–water partition coefficient (Wildman–Crippen LogP) is 3.64. The lowest BCUT2D eigenvalue weighted by molar-refractivity contribution is -0.137.